The molecule has 0 aliphatic rings. The highest BCUT2D eigenvalue weighted by atomic mass is 32.2. The molecular weight excluding hydrogens is 444 g/mol. The van der Waals surface area contributed by atoms with Crippen LogP contribution in [0.5, 0.6) is 0 Å². The number of hydrogen-bond donors (Lipinski definition) is 4. The molecule has 8 nitrogen and oxygen atoms in total. The molecule has 0 bridgehead atoms. The van der Waals surface area contributed by atoms with Crippen LogP contribution in [0, 0.1) is 6.92 Å². The fourth-order valence-corrected chi connectivity index (χ4v) is 3.78. The summed E-state index contributed by atoms with van der Waals surface area (Å²) in [5.74, 6) is 0.681. The summed E-state index contributed by atoms with van der Waals surface area (Å²) in [6.45, 7) is 2.03. The molecular formula is C22H20N6O2S2. The van der Waals surface area contributed by atoms with Gasteiger partial charge in [-0.25, -0.2) is 23.5 Å². The fourth-order valence-electron chi connectivity index (χ4n) is 3.03. The van der Waals surface area contributed by atoms with Gasteiger partial charge in [-0.15, -0.1) is 0 Å². The van der Waals surface area contributed by atoms with Crippen LogP contribution in [0.25, 0.3) is 10.9 Å². The molecule has 0 amide bonds. The van der Waals surface area contributed by atoms with Gasteiger partial charge < -0.3 is 16.0 Å². The Kier molecular flexibility index (Phi) is 5.99. The molecule has 0 unspecified atom stereocenters. The zero-order valence-electron chi connectivity index (χ0n) is 17.0. The zero-order valence-corrected chi connectivity index (χ0v) is 18.7. The number of nitrogens with one attached hydrogen (secondary N) is 3. The van der Waals surface area contributed by atoms with Crippen molar-refractivity contribution in [2.24, 2.45) is 5.14 Å². The first-order valence-electron chi connectivity index (χ1n) is 9.57. The van der Waals surface area contributed by atoms with E-state index in [1.54, 1.807) is 12.1 Å². The Hall–Kier alpha value is -3.60. The molecule has 4 rings (SSSR count). The number of benzene rings is 3. The summed E-state index contributed by atoms with van der Waals surface area (Å²) >= 11 is 5.38. The second kappa shape index (κ2) is 8.87. The van der Waals surface area contributed by atoms with Crippen LogP contribution in [-0.2, 0) is 10.0 Å². The third-order valence-corrected chi connectivity index (χ3v) is 5.78. The van der Waals surface area contributed by atoms with E-state index < -0.39 is 10.0 Å². The zero-order chi connectivity index (χ0) is 22.7. The Morgan fingerprint density at radius 3 is 2.19 bits per heavy atom. The van der Waals surface area contributed by atoms with Crippen LogP contribution in [0.15, 0.2) is 78.0 Å². The number of thiocarbonyl (C=S) groups is 1. The summed E-state index contributed by atoms with van der Waals surface area (Å²) in [5.41, 5.74) is 4.26. The van der Waals surface area contributed by atoms with E-state index >= 15 is 0 Å². The van der Waals surface area contributed by atoms with Crippen LogP contribution in [0.3, 0.4) is 0 Å². The number of fused-ring (bicyclic) bond motifs is 1. The van der Waals surface area contributed by atoms with E-state index in [0.717, 1.165) is 22.3 Å². The molecule has 1 heterocycles. The molecule has 10 heteroatoms. The molecule has 32 heavy (non-hydrogen) atoms. The molecule has 0 aliphatic carbocycles. The molecule has 4 aromatic rings. The molecule has 0 saturated heterocycles. The molecule has 0 atom stereocenters. The van der Waals surface area contributed by atoms with E-state index in [1.165, 1.54) is 24.0 Å². The van der Waals surface area contributed by atoms with Gasteiger partial charge in [0.15, 0.2) is 5.11 Å². The highest BCUT2D eigenvalue weighted by Crippen LogP contribution is 2.26. The lowest BCUT2D eigenvalue weighted by Crippen LogP contribution is -2.19. The largest absolute Gasteiger partial charge is 0.340 e. The smallest absolute Gasteiger partial charge is 0.238 e. The number of primary sulfonamides is 1. The third kappa shape index (κ3) is 5.17. The maximum Gasteiger partial charge on any atom is 0.238 e. The minimum atomic E-state index is -3.74. The van der Waals surface area contributed by atoms with Gasteiger partial charge in [-0.1, -0.05) is 17.7 Å². The minimum absolute atomic E-state index is 0.0325. The number of nitrogens with zero attached hydrogens (tertiary/aromatic N) is 2. The first-order valence-corrected chi connectivity index (χ1v) is 11.5. The lowest BCUT2D eigenvalue weighted by atomic mass is 10.2. The number of hydrogen-bond acceptors (Lipinski definition) is 6. The molecule has 3 aromatic carbocycles. The van der Waals surface area contributed by atoms with Gasteiger partial charge in [0.25, 0.3) is 0 Å². The SMILES string of the molecule is Cc1ccc(Nc2ncnc3ccc(NC(=S)Nc4ccc(S(N)(=O)=O)cc4)cc23)cc1. The summed E-state index contributed by atoms with van der Waals surface area (Å²) in [7, 11) is -3.74. The summed E-state index contributed by atoms with van der Waals surface area (Å²) in [6, 6.07) is 19.7. The lowest BCUT2D eigenvalue weighted by molar-refractivity contribution is 0.598. The lowest BCUT2D eigenvalue weighted by Gasteiger charge is -2.13. The average molecular weight is 465 g/mol. The maximum absolute atomic E-state index is 11.4. The summed E-state index contributed by atoms with van der Waals surface area (Å²) < 4.78 is 22.8. The van der Waals surface area contributed by atoms with Gasteiger partial charge in [0.05, 0.1) is 10.4 Å². The van der Waals surface area contributed by atoms with Gasteiger partial charge in [0, 0.05) is 22.4 Å². The van der Waals surface area contributed by atoms with Gasteiger partial charge in [0.1, 0.15) is 12.1 Å². The van der Waals surface area contributed by atoms with Gasteiger partial charge in [-0.2, -0.15) is 0 Å². The minimum Gasteiger partial charge on any atom is -0.340 e. The van der Waals surface area contributed by atoms with Crippen LogP contribution in [0.4, 0.5) is 22.9 Å². The van der Waals surface area contributed by atoms with Crippen LogP contribution in [0.2, 0.25) is 0 Å². The number of nitrogens with two attached hydrogens (primary N) is 1. The van der Waals surface area contributed by atoms with Crippen molar-refractivity contribution < 1.29 is 8.42 Å². The topological polar surface area (TPSA) is 122 Å². The molecule has 1 aromatic heterocycles. The molecule has 0 saturated carbocycles. The van der Waals surface area contributed by atoms with Crippen molar-refractivity contribution in [2.75, 3.05) is 16.0 Å². The monoisotopic (exact) mass is 464 g/mol. The van der Waals surface area contributed by atoms with Crippen LogP contribution in [-0.4, -0.2) is 23.5 Å². The second-order valence-corrected chi connectivity index (χ2v) is 9.06. The van der Waals surface area contributed by atoms with Crippen LogP contribution >= 0.6 is 12.2 Å². The van der Waals surface area contributed by atoms with Crippen molar-refractivity contribution in [1.29, 1.82) is 0 Å². The number of sulfonamides is 1. The Labute approximate surface area is 191 Å². The highest BCUT2D eigenvalue weighted by Gasteiger charge is 2.09. The third-order valence-electron chi connectivity index (χ3n) is 4.65. The van der Waals surface area contributed by atoms with Crippen molar-refractivity contribution >= 4 is 61.1 Å². The Balaban J connectivity index is 1.51. The van der Waals surface area contributed by atoms with Gasteiger partial charge in [0.2, 0.25) is 10.0 Å². The summed E-state index contributed by atoms with van der Waals surface area (Å²) in [4.78, 5) is 8.74. The average Bonchev–Trinajstić information content (AvgIpc) is 2.75. The normalized spacial score (nSPS) is 11.2. The fraction of sp³-hybridized carbons (Fsp3) is 0.0455. The van der Waals surface area contributed by atoms with Crippen LogP contribution in [0.1, 0.15) is 5.56 Å². The maximum atomic E-state index is 11.4. The quantitative estimate of drug-likeness (QED) is 0.325. The predicted molar refractivity (Wildman–Crippen MR) is 132 cm³/mol. The molecule has 5 N–H and O–H groups in total. The number of rotatable bonds is 5. The van der Waals surface area contributed by atoms with E-state index in [0.29, 0.717) is 16.6 Å². The molecule has 0 radical (unpaired) electrons. The van der Waals surface area contributed by atoms with Crippen LogP contribution < -0.4 is 21.1 Å². The molecule has 162 valence electrons. The van der Waals surface area contributed by atoms with E-state index in [4.69, 9.17) is 17.4 Å². The van der Waals surface area contributed by atoms with Gasteiger partial charge in [-0.05, 0) is 73.7 Å². The standard InChI is InChI=1S/C22H20N6O2S2/c1-14-2-4-15(5-3-14)26-21-19-12-17(8-11-20(19)24-13-25-21)28-22(31)27-16-6-9-18(10-7-16)32(23,29)30/h2-13H,1H3,(H2,23,29,30)(H,24,25,26)(H2,27,28,31). The van der Waals surface area contributed by atoms with E-state index in [1.807, 2.05) is 49.4 Å². The molecule has 0 spiro atoms. The van der Waals surface area contributed by atoms with Crippen molar-refractivity contribution in [3.8, 4) is 0 Å². The highest BCUT2D eigenvalue weighted by molar-refractivity contribution is 7.89. The number of aryl methyl sites for hydroxylation is 1. The Morgan fingerprint density at radius 2 is 1.50 bits per heavy atom. The van der Waals surface area contributed by atoms with Crippen molar-refractivity contribution in [3.05, 3.63) is 78.6 Å². The first kappa shape index (κ1) is 21.6. The molecule has 0 fully saturated rings. The van der Waals surface area contributed by atoms with E-state index in [2.05, 4.69) is 25.9 Å². The predicted octanol–water partition coefficient (Wildman–Crippen LogP) is 4.14. The van der Waals surface area contributed by atoms with Crippen molar-refractivity contribution in [2.45, 2.75) is 11.8 Å². The Morgan fingerprint density at radius 1 is 0.875 bits per heavy atom. The van der Waals surface area contributed by atoms with E-state index in [9.17, 15) is 8.42 Å². The first-order chi connectivity index (χ1) is 15.3. The van der Waals surface area contributed by atoms with Crippen molar-refractivity contribution in [3.63, 3.8) is 0 Å². The van der Waals surface area contributed by atoms with E-state index in [-0.39, 0.29) is 4.90 Å². The second-order valence-electron chi connectivity index (χ2n) is 7.09. The Bertz CT molecular complexity index is 1390. The van der Waals surface area contributed by atoms with Gasteiger partial charge in [-0.3, -0.25) is 0 Å². The van der Waals surface area contributed by atoms with Crippen molar-refractivity contribution in [1.82, 2.24) is 9.97 Å². The number of anilines is 4. The van der Waals surface area contributed by atoms with Gasteiger partial charge >= 0.3 is 0 Å². The number of aromatic nitrogens is 2. The summed E-state index contributed by atoms with van der Waals surface area (Å²) in [5, 5.41) is 15.8. The molecule has 0 aliphatic heterocycles. The summed E-state index contributed by atoms with van der Waals surface area (Å²) in [6.07, 6.45) is 1.52.